The lowest BCUT2D eigenvalue weighted by atomic mass is 10.1. The Morgan fingerprint density at radius 2 is 1.47 bits per heavy atom. The number of Topliss-reactive ketones (excluding diaryl/α,β-unsaturated/α-hetero) is 1. The number of carbonyl (C=O) groups is 3. The van der Waals surface area contributed by atoms with Crippen LogP contribution in [0, 0.1) is 0 Å². The number of carbonyl (C=O) groups excluding carboxylic acids is 3. The second kappa shape index (κ2) is 9.23. The van der Waals surface area contributed by atoms with E-state index in [1.54, 1.807) is 0 Å². The Morgan fingerprint density at radius 3 is 1.97 bits per heavy atom. The summed E-state index contributed by atoms with van der Waals surface area (Å²) < 4.78 is 26.5. The zero-order valence-electron chi connectivity index (χ0n) is 20.4. The van der Waals surface area contributed by atoms with Gasteiger partial charge in [-0.05, 0) is 28.2 Å². The third-order valence-electron chi connectivity index (χ3n) is 6.77. The van der Waals surface area contributed by atoms with Crippen LogP contribution in [0.4, 0.5) is 0 Å². The molecule has 0 aromatic carbocycles. The van der Waals surface area contributed by atoms with Crippen molar-refractivity contribution in [3.05, 3.63) is 12.3 Å². The lowest BCUT2D eigenvalue weighted by Gasteiger charge is -2.50. The number of allylic oxidation sites excluding steroid dienone is 1. The lowest BCUT2D eigenvalue weighted by molar-refractivity contribution is -0.150. The molecule has 0 aromatic heterocycles. The van der Waals surface area contributed by atoms with Gasteiger partial charge in [-0.2, -0.15) is 0 Å². The highest BCUT2D eigenvalue weighted by molar-refractivity contribution is 6.84. The first-order chi connectivity index (χ1) is 14.9. The largest absolute Gasteiger partial charge is 0.414 e. The quantitative estimate of drug-likeness (QED) is 0.436. The van der Waals surface area contributed by atoms with E-state index >= 15 is 0 Å². The van der Waals surface area contributed by atoms with Crippen LogP contribution in [0.2, 0.25) is 22.2 Å². The maximum atomic E-state index is 13.5. The van der Waals surface area contributed by atoms with Crippen molar-refractivity contribution in [3.63, 3.8) is 0 Å². The van der Waals surface area contributed by atoms with Crippen molar-refractivity contribution in [2.45, 2.75) is 102 Å². The van der Waals surface area contributed by atoms with Crippen LogP contribution in [-0.4, -0.2) is 64.5 Å². The lowest BCUT2D eigenvalue weighted by Crippen LogP contribution is -2.65. The summed E-state index contributed by atoms with van der Waals surface area (Å²) in [6.07, 6.45) is -0.263. The maximum Gasteiger partial charge on any atom is 0.335 e. The molecule has 0 unspecified atom stereocenters. The number of hydrogen-bond donors (Lipinski definition) is 0. The van der Waals surface area contributed by atoms with Gasteiger partial charge >= 0.3 is 17.1 Å². The fourth-order valence-electron chi connectivity index (χ4n) is 4.97. The van der Waals surface area contributed by atoms with Crippen LogP contribution in [0.25, 0.3) is 0 Å². The summed E-state index contributed by atoms with van der Waals surface area (Å²) in [4.78, 5) is 38.7. The van der Waals surface area contributed by atoms with Gasteiger partial charge in [0.2, 0.25) is 11.7 Å². The number of hydrogen-bond acceptors (Lipinski definition) is 7. The monoisotopic (exact) mass is 483 g/mol. The molecule has 0 radical (unpaired) electrons. The summed E-state index contributed by atoms with van der Waals surface area (Å²) >= 11 is 0. The molecule has 0 saturated carbocycles. The van der Waals surface area contributed by atoms with Gasteiger partial charge in [0.25, 0.3) is 0 Å². The van der Waals surface area contributed by atoms with Crippen LogP contribution in [0.5, 0.6) is 0 Å². The molecule has 0 bridgehead atoms. The van der Waals surface area contributed by atoms with Crippen LogP contribution in [-0.2, 0) is 32.1 Å². The molecule has 2 fully saturated rings. The van der Waals surface area contributed by atoms with E-state index in [1.807, 2.05) is 0 Å². The number of ether oxygens (including phenoxy) is 1. The standard InChI is InChI=1S/C22H37NO7Si2/c1-13(2)31(14(3)4)27-12-18-21(29-32(30-31,15(5)6)16(7)8)20(26)22(28-18)23-10-9-17(24)11-19(23)25/h9-10,13-16,18,21-22H,11-12H2,1-8H3/t18-,21-,22-/m1/s1. The van der Waals surface area contributed by atoms with Crippen molar-refractivity contribution in [1.29, 1.82) is 0 Å². The molecule has 32 heavy (non-hydrogen) atoms. The van der Waals surface area contributed by atoms with Crippen molar-refractivity contribution >= 4 is 34.6 Å². The molecule has 180 valence electrons. The molecule has 0 aromatic rings. The van der Waals surface area contributed by atoms with E-state index < -0.39 is 41.5 Å². The highest BCUT2D eigenvalue weighted by atomic mass is 28.5. The second-order valence-electron chi connectivity index (χ2n) is 10.2. The minimum Gasteiger partial charge on any atom is -0.414 e. The van der Waals surface area contributed by atoms with E-state index in [9.17, 15) is 14.4 Å². The molecule has 1 amide bonds. The Bertz CT molecular complexity index is 779. The van der Waals surface area contributed by atoms with Gasteiger partial charge in [-0.25, -0.2) is 0 Å². The van der Waals surface area contributed by atoms with E-state index in [0.717, 1.165) is 0 Å². The summed E-state index contributed by atoms with van der Waals surface area (Å²) in [5.74, 6) is -1.06. The summed E-state index contributed by atoms with van der Waals surface area (Å²) in [7, 11) is -5.70. The van der Waals surface area contributed by atoms with E-state index in [2.05, 4.69) is 55.4 Å². The summed E-state index contributed by atoms with van der Waals surface area (Å²) in [5, 5.41) is 0. The van der Waals surface area contributed by atoms with Crippen molar-refractivity contribution in [1.82, 2.24) is 4.90 Å². The number of ketones is 2. The first kappa shape index (κ1) is 25.4. The third-order valence-corrected chi connectivity index (χ3v) is 17.0. The van der Waals surface area contributed by atoms with E-state index in [0.29, 0.717) is 0 Å². The number of fused-ring (bicyclic) bond motifs is 1. The van der Waals surface area contributed by atoms with Gasteiger partial charge in [-0.1, -0.05) is 55.4 Å². The van der Waals surface area contributed by atoms with Gasteiger partial charge in [0.05, 0.1) is 13.0 Å². The minimum absolute atomic E-state index is 0.0789. The number of amides is 1. The number of rotatable bonds is 5. The van der Waals surface area contributed by atoms with Crippen molar-refractivity contribution < 1.29 is 32.1 Å². The Morgan fingerprint density at radius 1 is 0.906 bits per heavy atom. The van der Waals surface area contributed by atoms with Crippen LogP contribution in [0.1, 0.15) is 61.8 Å². The van der Waals surface area contributed by atoms with E-state index in [4.69, 9.17) is 17.7 Å². The molecule has 0 aliphatic carbocycles. The Balaban J connectivity index is 2.03. The van der Waals surface area contributed by atoms with Crippen LogP contribution in [0.15, 0.2) is 12.3 Å². The van der Waals surface area contributed by atoms with E-state index in [-0.39, 0.29) is 46.8 Å². The van der Waals surface area contributed by atoms with Gasteiger partial charge in [-0.15, -0.1) is 0 Å². The highest BCUT2D eigenvalue weighted by Crippen LogP contribution is 2.47. The fraction of sp³-hybridized carbons (Fsp3) is 0.773. The molecular formula is C22H37NO7Si2. The number of nitrogens with zero attached hydrogens (tertiary/aromatic N) is 1. The Kier molecular flexibility index (Phi) is 7.34. The zero-order valence-corrected chi connectivity index (χ0v) is 22.4. The summed E-state index contributed by atoms with van der Waals surface area (Å²) in [5.41, 5.74) is 0.514. The first-order valence-corrected chi connectivity index (χ1v) is 15.5. The predicted octanol–water partition coefficient (Wildman–Crippen LogP) is 3.55. The second-order valence-corrected chi connectivity index (χ2v) is 19.0. The first-order valence-electron chi connectivity index (χ1n) is 11.6. The van der Waals surface area contributed by atoms with Crippen molar-refractivity contribution in [2.75, 3.05) is 6.61 Å². The molecule has 3 atom stereocenters. The van der Waals surface area contributed by atoms with Gasteiger partial charge < -0.3 is 17.7 Å². The zero-order chi connectivity index (χ0) is 24.0. The van der Waals surface area contributed by atoms with Crippen LogP contribution >= 0.6 is 0 Å². The Hall–Kier alpha value is -1.18. The Labute approximate surface area is 193 Å². The summed E-state index contributed by atoms with van der Waals surface area (Å²) in [6, 6.07) is 0. The van der Waals surface area contributed by atoms with Crippen molar-refractivity contribution in [2.24, 2.45) is 0 Å². The third kappa shape index (κ3) is 4.21. The SMILES string of the molecule is CC(C)[Si]1(C(C)C)OC[C@H]2O[C@@H](N3C=CC(=O)CC3=O)C(=O)[C@@H]2O[Si](C(C)C)(C(C)C)O1. The van der Waals surface area contributed by atoms with Gasteiger partial charge in [-0.3, -0.25) is 19.3 Å². The topological polar surface area (TPSA) is 91.4 Å². The van der Waals surface area contributed by atoms with Crippen LogP contribution < -0.4 is 0 Å². The van der Waals surface area contributed by atoms with Gasteiger partial charge in [0, 0.05) is 6.20 Å². The van der Waals surface area contributed by atoms with Gasteiger partial charge in [0.15, 0.2) is 12.0 Å². The molecule has 3 rings (SSSR count). The molecule has 3 aliphatic rings. The smallest absolute Gasteiger partial charge is 0.335 e. The molecule has 3 aliphatic heterocycles. The molecule has 2 saturated heterocycles. The van der Waals surface area contributed by atoms with Crippen LogP contribution in [0.3, 0.4) is 0 Å². The average Bonchev–Trinajstić information content (AvgIpc) is 2.96. The fourth-order valence-corrected chi connectivity index (χ4v) is 16.1. The summed E-state index contributed by atoms with van der Waals surface area (Å²) in [6.45, 7) is 17.0. The normalized spacial score (nSPS) is 30.4. The predicted molar refractivity (Wildman–Crippen MR) is 123 cm³/mol. The molecule has 8 nitrogen and oxygen atoms in total. The molecule has 0 spiro atoms. The maximum absolute atomic E-state index is 13.5. The van der Waals surface area contributed by atoms with Crippen molar-refractivity contribution in [3.8, 4) is 0 Å². The highest BCUT2D eigenvalue weighted by Gasteiger charge is 2.62. The molecule has 10 heteroatoms. The molecular weight excluding hydrogens is 446 g/mol. The minimum atomic E-state index is -2.96. The average molecular weight is 484 g/mol. The van der Waals surface area contributed by atoms with E-state index in [1.165, 1.54) is 17.2 Å². The molecule has 0 N–H and O–H groups in total. The van der Waals surface area contributed by atoms with Gasteiger partial charge in [0.1, 0.15) is 12.2 Å². The molecule has 3 heterocycles.